The summed E-state index contributed by atoms with van der Waals surface area (Å²) in [6, 6.07) is 11.4. The van der Waals surface area contributed by atoms with Gasteiger partial charge in [-0.05, 0) is 29.8 Å². The highest BCUT2D eigenvalue weighted by atomic mass is 16.5. The molecule has 0 saturated carbocycles. The van der Waals surface area contributed by atoms with Crippen LogP contribution in [0.2, 0.25) is 0 Å². The van der Waals surface area contributed by atoms with Gasteiger partial charge in [0.1, 0.15) is 5.75 Å². The van der Waals surface area contributed by atoms with Crippen LogP contribution in [0.25, 0.3) is 11.3 Å². The summed E-state index contributed by atoms with van der Waals surface area (Å²) in [4.78, 5) is 4.46. The largest absolute Gasteiger partial charge is 0.502 e. The predicted octanol–water partition coefficient (Wildman–Crippen LogP) is 3.43. The molecule has 0 bridgehead atoms. The van der Waals surface area contributed by atoms with Gasteiger partial charge in [-0.3, -0.25) is 0 Å². The number of aromatic nitrogens is 2. The fraction of sp³-hybridized carbons (Fsp3) is 0.250. The van der Waals surface area contributed by atoms with Crippen molar-refractivity contribution in [2.45, 2.75) is 6.54 Å². The highest BCUT2D eigenvalue weighted by Gasteiger charge is 2.13. The molecule has 0 unspecified atom stereocenters. The maximum atomic E-state index is 10.0. The van der Waals surface area contributed by atoms with E-state index in [1.165, 1.54) is 14.2 Å². The molecule has 3 rings (SSSR count). The number of hydrogen-bond acceptors (Lipinski definition) is 6. The molecule has 2 N–H and O–H groups in total. The molecule has 1 aromatic heterocycles. The average Bonchev–Trinajstić information content (AvgIpc) is 3.07. The molecule has 0 aliphatic carbocycles. The van der Waals surface area contributed by atoms with Crippen LogP contribution in [0.1, 0.15) is 5.56 Å². The van der Waals surface area contributed by atoms with Crippen molar-refractivity contribution in [1.29, 1.82) is 0 Å². The molecule has 7 heteroatoms. The van der Waals surface area contributed by atoms with E-state index >= 15 is 0 Å². The number of anilines is 1. The van der Waals surface area contributed by atoms with E-state index in [1.807, 2.05) is 42.1 Å². The van der Waals surface area contributed by atoms with Crippen molar-refractivity contribution >= 4 is 5.95 Å². The highest BCUT2D eigenvalue weighted by molar-refractivity contribution is 5.63. The van der Waals surface area contributed by atoms with Crippen LogP contribution in [0.4, 0.5) is 5.95 Å². The highest BCUT2D eigenvalue weighted by Crippen LogP contribution is 2.37. The Kier molecular flexibility index (Phi) is 5.40. The summed E-state index contributed by atoms with van der Waals surface area (Å²) in [5.41, 5.74) is 2.88. The van der Waals surface area contributed by atoms with Crippen LogP contribution in [-0.2, 0) is 13.6 Å². The van der Waals surface area contributed by atoms with Crippen LogP contribution in [-0.4, -0.2) is 36.0 Å². The molecule has 0 atom stereocenters. The Morgan fingerprint density at radius 2 is 1.74 bits per heavy atom. The monoisotopic (exact) mass is 369 g/mol. The lowest BCUT2D eigenvalue weighted by Crippen LogP contribution is -2.06. The standard InChI is InChI=1S/C20H23N3O4/c1-23-16(14-6-5-7-15(10-14)25-2)12-22-20(23)21-11-13-8-17(26-3)19(24)18(9-13)27-4/h5-10,12,24H,11H2,1-4H3,(H,21,22). The van der Waals surface area contributed by atoms with Crippen LogP contribution >= 0.6 is 0 Å². The van der Waals surface area contributed by atoms with E-state index < -0.39 is 0 Å². The second kappa shape index (κ2) is 7.90. The summed E-state index contributed by atoms with van der Waals surface area (Å²) in [5.74, 6) is 2.23. The van der Waals surface area contributed by atoms with Crippen molar-refractivity contribution in [2.75, 3.05) is 26.6 Å². The van der Waals surface area contributed by atoms with E-state index in [0.29, 0.717) is 18.0 Å². The summed E-state index contributed by atoms with van der Waals surface area (Å²) in [7, 11) is 6.60. The molecule has 2 aromatic carbocycles. The number of phenolic OH excluding ortho intramolecular Hbond substituents is 1. The lowest BCUT2D eigenvalue weighted by Gasteiger charge is -2.13. The molecule has 0 aliphatic heterocycles. The van der Waals surface area contributed by atoms with Gasteiger partial charge in [0.2, 0.25) is 11.7 Å². The predicted molar refractivity (Wildman–Crippen MR) is 104 cm³/mol. The van der Waals surface area contributed by atoms with E-state index in [-0.39, 0.29) is 5.75 Å². The molecule has 1 heterocycles. The normalized spacial score (nSPS) is 10.5. The number of rotatable bonds is 7. The SMILES string of the molecule is COc1cccc(-c2cnc(NCc3cc(OC)c(O)c(OC)c3)n2C)c1. The van der Waals surface area contributed by atoms with E-state index in [0.717, 1.165) is 28.5 Å². The van der Waals surface area contributed by atoms with E-state index in [4.69, 9.17) is 14.2 Å². The number of nitrogens with one attached hydrogen (secondary N) is 1. The number of benzene rings is 2. The van der Waals surface area contributed by atoms with E-state index in [1.54, 1.807) is 19.2 Å². The minimum absolute atomic E-state index is 0.0129. The molecule has 0 fully saturated rings. The summed E-state index contributed by atoms with van der Waals surface area (Å²) < 4.78 is 17.7. The minimum atomic E-state index is -0.0129. The minimum Gasteiger partial charge on any atom is -0.502 e. The maximum absolute atomic E-state index is 10.0. The molecule has 0 saturated heterocycles. The number of nitrogens with zero attached hydrogens (tertiary/aromatic N) is 2. The molecule has 0 aliphatic rings. The first kappa shape index (κ1) is 18.4. The molecule has 0 radical (unpaired) electrons. The molecular weight excluding hydrogens is 346 g/mol. The quantitative estimate of drug-likeness (QED) is 0.664. The van der Waals surface area contributed by atoms with Crippen LogP contribution in [0.5, 0.6) is 23.0 Å². The van der Waals surface area contributed by atoms with Crippen molar-refractivity contribution in [1.82, 2.24) is 9.55 Å². The van der Waals surface area contributed by atoms with E-state index in [9.17, 15) is 5.11 Å². The Hall–Kier alpha value is -3.35. The van der Waals surface area contributed by atoms with Gasteiger partial charge in [-0.2, -0.15) is 0 Å². The third kappa shape index (κ3) is 3.76. The van der Waals surface area contributed by atoms with Crippen LogP contribution < -0.4 is 19.5 Å². The maximum Gasteiger partial charge on any atom is 0.203 e. The second-order valence-electron chi connectivity index (χ2n) is 5.96. The average molecular weight is 369 g/mol. The summed E-state index contributed by atoms with van der Waals surface area (Å²) in [5, 5.41) is 13.3. The fourth-order valence-electron chi connectivity index (χ4n) is 2.86. The van der Waals surface area contributed by atoms with Crippen molar-refractivity contribution < 1.29 is 19.3 Å². The summed E-state index contributed by atoms with van der Waals surface area (Å²) >= 11 is 0. The Morgan fingerprint density at radius 3 is 2.37 bits per heavy atom. The molecule has 27 heavy (non-hydrogen) atoms. The van der Waals surface area contributed by atoms with Gasteiger partial charge in [-0.25, -0.2) is 4.98 Å². The first-order valence-electron chi connectivity index (χ1n) is 8.41. The molecular formula is C20H23N3O4. The molecule has 7 nitrogen and oxygen atoms in total. The van der Waals surface area contributed by atoms with Gasteiger partial charge >= 0.3 is 0 Å². The van der Waals surface area contributed by atoms with Crippen LogP contribution in [0.3, 0.4) is 0 Å². The molecule has 0 amide bonds. The van der Waals surface area contributed by atoms with Crippen LogP contribution in [0.15, 0.2) is 42.6 Å². The lowest BCUT2D eigenvalue weighted by molar-refractivity contribution is 0.339. The number of ether oxygens (including phenoxy) is 3. The summed E-state index contributed by atoms with van der Waals surface area (Å²) in [6.07, 6.45) is 1.81. The van der Waals surface area contributed by atoms with Gasteiger partial charge in [0.25, 0.3) is 0 Å². The number of imidazole rings is 1. The van der Waals surface area contributed by atoms with Gasteiger partial charge in [0, 0.05) is 19.2 Å². The number of phenols is 1. The fourth-order valence-corrected chi connectivity index (χ4v) is 2.86. The van der Waals surface area contributed by atoms with Gasteiger partial charge < -0.3 is 29.2 Å². The second-order valence-corrected chi connectivity index (χ2v) is 5.96. The smallest absolute Gasteiger partial charge is 0.203 e. The zero-order valence-electron chi connectivity index (χ0n) is 15.8. The first-order valence-corrected chi connectivity index (χ1v) is 8.41. The first-order chi connectivity index (χ1) is 13.1. The zero-order chi connectivity index (χ0) is 19.4. The van der Waals surface area contributed by atoms with Gasteiger partial charge in [-0.15, -0.1) is 0 Å². The number of hydrogen-bond donors (Lipinski definition) is 2. The van der Waals surface area contributed by atoms with Crippen molar-refractivity contribution in [2.24, 2.45) is 7.05 Å². The number of methoxy groups -OCH3 is 3. The third-order valence-corrected chi connectivity index (χ3v) is 4.34. The Labute approximate surface area is 158 Å². The van der Waals surface area contributed by atoms with Gasteiger partial charge in [-0.1, -0.05) is 12.1 Å². The lowest BCUT2D eigenvalue weighted by atomic mass is 10.1. The van der Waals surface area contributed by atoms with Crippen molar-refractivity contribution in [3.8, 4) is 34.3 Å². The Balaban J connectivity index is 1.81. The van der Waals surface area contributed by atoms with Crippen molar-refractivity contribution in [3.05, 3.63) is 48.2 Å². The van der Waals surface area contributed by atoms with Gasteiger partial charge in [0.05, 0.1) is 33.2 Å². The molecule has 3 aromatic rings. The van der Waals surface area contributed by atoms with E-state index in [2.05, 4.69) is 10.3 Å². The topological polar surface area (TPSA) is 77.8 Å². The molecule has 142 valence electrons. The third-order valence-electron chi connectivity index (χ3n) is 4.34. The summed E-state index contributed by atoms with van der Waals surface area (Å²) in [6.45, 7) is 0.495. The van der Waals surface area contributed by atoms with Crippen LogP contribution in [0, 0.1) is 0 Å². The van der Waals surface area contributed by atoms with Gasteiger partial charge in [0.15, 0.2) is 11.5 Å². The Bertz CT molecular complexity index is 912. The number of aromatic hydroxyl groups is 1. The Morgan fingerprint density at radius 1 is 1.04 bits per heavy atom. The van der Waals surface area contributed by atoms with Crippen molar-refractivity contribution in [3.63, 3.8) is 0 Å². The zero-order valence-corrected chi connectivity index (χ0v) is 15.8. The molecule has 0 spiro atoms.